The van der Waals surface area contributed by atoms with Crippen molar-refractivity contribution in [1.29, 1.82) is 0 Å². The second-order valence-corrected chi connectivity index (χ2v) is 2.82. The number of ether oxygens (including phenoxy) is 1. The van der Waals surface area contributed by atoms with Gasteiger partial charge in [0.2, 0.25) is 0 Å². The number of rotatable bonds is 1. The molecule has 1 atom stereocenters. The van der Waals surface area contributed by atoms with E-state index in [9.17, 15) is 0 Å². The van der Waals surface area contributed by atoms with Crippen molar-refractivity contribution in [2.75, 3.05) is 40.4 Å². The first kappa shape index (κ1) is 15.0. The monoisotopic (exact) mass is 216 g/mol. The van der Waals surface area contributed by atoms with E-state index in [1.165, 1.54) is 0 Å². The summed E-state index contributed by atoms with van der Waals surface area (Å²) in [6, 6.07) is 0.507. The van der Waals surface area contributed by atoms with Crippen molar-refractivity contribution in [1.82, 2.24) is 10.2 Å². The normalized spacial score (nSPS) is 25.0. The van der Waals surface area contributed by atoms with E-state index in [1.54, 1.807) is 0 Å². The maximum Gasteiger partial charge on any atom is 0.0632 e. The minimum Gasteiger partial charge on any atom is -0.378 e. The van der Waals surface area contributed by atoms with Crippen LogP contribution in [0, 0.1) is 0 Å². The molecule has 0 bridgehead atoms. The molecule has 0 radical (unpaired) electrons. The second-order valence-electron chi connectivity index (χ2n) is 2.82. The summed E-state index contributed by atoms with van der Waals surface area (Å²) in [5, 5.41) is 3.21. The molecule has 0 saturated carbocycles. The molecule has 76 valence electrons. The van der Waals surface area contributed by atoms with Gasteiger partial charge < -0.3 is 15.0 Å². The summed E-state index contributed by atoms with van der Waals surface area (Å²) in [4.78, 5) is 2.29. The third kappa shape index (κ3) is 5.17. The summed E-state index contributed by atoms with van der Waals surface area (Å²) < 4.78 is 5.36. The van der Waals surface area contributed by atoms with E-state index in [0.29, 0.717) is 6.04 Å². The molecule has 0 aromatic carbocycles. The molecule has 0 amide bonds. The van der Waals surface area contributed by atoms with E-state index >= 15 is 0 Å². The Labute approximate surface area is 86.7 Å². The van der Waals surface area contributed by atoms with Gasteiger partial charge in [-0.05, 0) is 14.1 Å². The Morgan fingerprint density at radius 1 is 1.42 bits per heavy atom. The van der Waals surface area contributed by atoms with Crippen molar-refractivity contribution in [2.45, 2.75) is 6.04 Å². The summed E-state index contributed by atoms with van der Waals surface area (Å²) in [5.74, 6) is 0. The van der Waals surface area contributed by atoms with Crippen molar-refractivity contribution >= 4 is 24.8 Å². The Bertz CT molecular complexity index is 105. The molecule has 12 heavy (non-hydrogen) atoms. The zero-order chi connectivity index (χ0) is 7.40. The van der Waals surface area contributed by atoms with Crippen molar-refractivity contribution in [3.63, 3.8) is 0 Å². The van der Waals surface area contributed by atoms with Crippen LogP contribution in [0.3, 0.4) is 0 Å². The van der Waals surface area contributed by atoms with Crippen LogP contribution in [0.25, 0.3) is 0 Å². The van der Waals surface area contributed by atoms with Crippen LogP contribution in [0.15, 0.2) is 0 Å². The van der Waals surface area contributed by atoms with Crippen molar-refractivity contribution < 1.29 is 4.74 Å². The van der Waals surface area contributed by atoms with Crippen LogP contribution in [-0.4, -0.2) is 51.3 Å². The molecule has 0 spiro atoms. The molecule has 1 heterocycles. The van der Waals surface area contributed by atoms with Gasteiger partial charge in [0.15, 0.2) is 0 Å². The van der Waals surface area contributed by atoms with E-state index in [1.807, 2.05) is 7.05 Å². The van der Waals surface area contributed by atoms with E-state index in [4.69, 9.17) is 4.74 Å². The van der Waals surface area contributed by atoms with Crippen molar-refractivity contribution in [2.24, 2.45) is 0 Å². The van der Waals surface area contributed by atoms with Crippen LogP contribution in [-0.2, 0) is 4.74 Å². The largest absolute Gasteiger partial charge is 0.378 e. The average molecular weight is 217 g/mol. The van der Waals surface area contributed by atoms with Crippen LogP contribution >= 0.6 is 24.8 Å². The Kier molecular flexibility index (Phi) is 10.1. The predicted octanol–water partition coefficient (Wildman–Crippen LogP) is 0.380. The highest BCUT2D eigenvalue weighted by Gasteiger charge is 2.12. The molecular weight excluding hydrogens is 199 g/mol. The van der Waals surface area contributed by atoms with Gasteiger partial charge in [-0.3, -0.25) is 0 Å². The van der Waals surface area contributed by atoms with Gasteiger partial charge >= 0.3 is 0 Å². The Balaban J connectivity index is 0. The molecule has 1 aliphatic rings. The van der Waals surface area contributed by atoms with Gasteiger partial charge in [0.05, 0.1) is 13.2 Å². The highest BCUT2D eigenvalue weighted by molar-refractivity contribution is 5.85. The minimum atomic E-state index is 0. The topological polar surface area (TPSA) is 24.5 Å². The van der Waals surface area contributed by atoms with Gasteiger partial charge in [-0.25, -0.2) is 0 Å². The fraction of sp³-hybridized carbons (Fsp3) is 1.00. The van der Waals surface area contributed by atoms with Crippen LogP contribution < -0.4 is 5.32 Å². The molecule has 1 unspecified atom stereocenters. The standard InChI is InChI=1S/C7H16N2O.2ClH/c1-8-7-5-9(2)3-4-10-6-7;;/h7-8H,3-6H2,1-2H3;2*1H. The first-order valence-corrected chi connectivity index (χ1v) is 3.76. The number of hydrogen-bond donors (Lipinski definition) is 1. The SMILES string of the molecule is CNC1COCCN(C)C1.Cl.Cl. The first-order chi connectivity index (χ1) is 4.83. The smallest absolute Gasteiger partial charge is 0.0632 e. The fourth-order valence-electron chi connectivity index (χ4n) is 1.14. The number of nitrogens with one attached hydrogen (secondary N) is 1. The lowest BCUT2D eigenvalue weighted by Gasteiger charge is -2.17. The van der Waals surface area contributed by atoms with E-state index in [2.05, 4.69) is 17.3 Å². The van der Waals surface area contributed by atoms with Crippen LogP contribution in [0.4, 0.5) is 0 Å². The molecule has 1 N–H and O–H groups in total. The Hall–Kier alpha value is 0.460. The van der Waals surface area contributed by atoms with Gasteiger partial charge in [0.1, 0.15) is 0 Å². The van der Waals surface area contributed by atoms with Crippen molar-refractivity contribution in [3.8, 4) is 0 Å². The Morgan fingerprint density at radius 3 is 2.67 bits per heavy atom. The van der Waals surface area contributed by atoms with Gasteiger partial charge in [-0.1, -0.05) is 0 Å². The lowest BCUT2D eigenvalue weighted by atomic mass is 10.3. The quantitative estimate of drug-likeness (QED) is 0.687. The van der Waals surface area contributed by atoms with E-state index in [-0.39, 0.29) is 24.8 Å². The molecule has 1 fully saturated rings. The minimum absolute atomic E-state index is 0. The highest BCUT2D eigenvalue weighted by atomic mass is 35.5. The van der Waals surface area contributed by atoms with Crippen LogP contribution in [0.1, 0.15) is 0 Å². The van der Waals surface area contributed by atoms with E-state index < -0.39 is 0 Å². The summed E-state index contributed by atoms with van der Waals surface area (Å²) in [6.45, 7) is 3.87. The molecule has 5 heteroatoms. The number of halogens is 2. The number of hydrogen-bond acceptors (Lipinski definition) is 3. The van der Waals surface area contributed by atoms with Gasteiger partial charge in [-0.2, -0.15) is 0 Å². The van der Waals surface area contributed by atoms with Crippen LogP contribution in [0.5, 0.6) is 0 Å². The van der Waals surface area contributed by atoms with Crippen molar-refractivity contribution in [3.05, 3.63) is 0 Å². The molecule has 0 aromatic heterocycles. The second kappa shape index (κ2) is 8.08. The Morgan fingerprint density at radius 2 is 2.08 bits per heavy atom. The zero-order valence-electron chi connectivity index (χ0n) is 7.58. The summed E-state index contributed by atoms with van der Waals surface area (Å²) in [7, 11) is 4.10. The summed E-state index contributed by atoms with van der Waals surface area (Å²) in [5.41, 5.74) is 0. The molecule has 1 rings (SSSR count). The molecule has 3 nitrogen and oxygen atoms in total. The molecular formula is C7H18Cl2N2O. The maximum atomic E-state index is 5.36. The van der Waals surface area contributed by atoms with Crippen LogP contribution in [0.2, 0.25) is 0 Å². The predicted molar refractivity (Wildman–Crippen MR) is 55.7 cm³/mol. The zero-order valence-corrected chi connectivity index (χ0v) is 9.21. The molecule has 0 aromatic rings. The maximum absolute atomic E-state index is 5.36. The third-order valence-electron chi connectivity index (χ3n) is 1.88. The highest BCUT2D eigenvalue weighted by Crippen LogP contribution is 1.95. The number of likely N-dealkylation sites (N-methyl/N-ethyl adjacent to an activating group) is 2. The number of nitrogens with zero attached hydrogens (tertiary/aromatic N) is 1. The molecule has 0 aliphatic carbocycles. The summed E-state index contributed by atoms with van der Waals surface area (Å²) in [6.07, 6.45) is 0. The molecule has 1 aliphatic heterocycles. The average Bonchev–Trinajstić information content (AvgIpc) is 2.13. The summed E-state index contributed by atoms with van der Waals surface area (Å²) >= 11 is 0. The molecule has 1 saturated heterocycles. The van der Waals surface area contributed by atoms with Gasteiger partial charge in [0.25, 0.3) is 0 Å². The fourth-order valence-corrected chi connectivity index (χ4v) is 1.14. The van der Waals surface area contributed by atoms with Gasteiger partial charge in [0, 0.05) is 19.1 Å². The van der Waals surface area contributed by atoms with E-state index in [0.717, 1.165) is 26.3 Å². The lowest BCUT2D eigenvalue weighted by Crippen LogP contribution is -2.38. The van der Waals surface area contributed by atoms with Gasteiger partial charge in [-0.15, -0.1) is 24.8 Å². The lowest BCUT2D eigenvalue weighted by molar-refractivity contribution is 0.132. The first-order valence-electron chi connectivity index (χ1n) is 3.76. The third-order valence-corrected chi connectivity index (χ3v) is 1.88.